The first-order valence-corrected chi connectivity index (χ1v) is 11.6. The molecule has 0 amide bonds. The van der Waals surface area contributed by atoms with Gasteiger partial charge in [0.25, 0.3) is 6.01 Å². The van der Waals surface area contributed by atoms with Crippen LogP contribution in [0.1, 0.15) is 55.7 Å². The van der Waals surface area contributed by atoms with Gasteiger partial charge in [-0.25, -0.2) is 9.18 Å². The van der Waals surface area contributed by atoms with Crippen LogP contribution in [0.15, 0.2) is 52.2 Å². The molecule has 1 aromatic heterocycles. The van der Waals surface area contributed by atoms with Crippen molar-refractivity contribution in [2.75, 3.05) is 6.61 Å². The number of halogens is 2. The minimum atomic E-state index is -0.647. The summed E-state index contributed by atoms with van der Waals surface area (Å²) >= 11 is 3.33. The topological polar surface area (TPSA) is 85.9 Å². The molecule has 0 aliphatic carbocycles. The third-order valence-electron chi connectivity index (χ3n) is 4.78. The van der Waals surface area contributed by atoms with Gasteiger partial charge in [0.15, 0.2) is 0 Å². The zero-order valence-electron chi connectivity index (χ0n) is 19.5. The molecule has 0 spiro atoms. The largest absolute Gasteiger partial charge is 0.465 e. The molecule has 0 saturated heterocycles. The van der Waals surface area contributed by atoms with Gasteiger partial charge in [-0.1, -0.05) is 42.4 Å². The van der Waals surface area contributed by atoms with Crippen LogP contribution in [0.2, 0.25) is 0 Å². The summed E-state index contributed by atoms with van der Waals surface area (Å²) in [5.74, 6) is -0.934. The van der Waals surface area contributed by atoms with Crippen molar-refractivity contribution in [1.82, 2.24) is 9.55 Å². The van der Waals surface area contributed by atoms with Gasteiger partial charge in [-0.3, -0.25) is 4.57 Å². The summed E-state index contributed by atoms with van der Waals surface area (Å²) in [4.78, 5) is 17.0. The van der Waals surface area contributed by atoms with E-state index in [-0.39, 0.29) is 12.6 Å². The van der Waals surface area contributed by atoms with Crippen molar-refractivity contribution in [2.24, 2.45) is 5.16 Å². The van der Waals surface area contributed by atoms with Gasteiger partial charge in [0.1, 0.15) is 21.7 Å². The number of ether oxygens (including phenoxy) is 2. The molecule has 0 saturated carbocycles. The number of aromatic nitrogens is 2. The molecule has 0 aliphatic rings. The summed E-state index contributed by atoms with van der Waals surface area (Å²) in [6, 6.07) is 12.0. The van der Waals surface area contributed by atoms with Crippen molar-refractivity contribution >= 4 is 28.1 Å². The molecule has 2 aromatic carbocycles. The maximum atomic E-state index is 15.2. The molecule has 0 fully saturated rings. The van der Waals surface area contributed by atoms with Crippen molar-refractivity contribution in [2.45, 2.75) is 46.3 Å². The van der Waals surface area contributed by atoms with E-state index in [4.69, 9.17) is 14.7 Å². The average molecular weight is 532 g/mol. The molecule has 180 valence electrons. The number of nitrogens with zero attached hydrogens (tertiary/aromatic N) is 3. The van der Waals surface area contributed by atoms with Crippen LogP contribution in [0, 0.1) is 5.82 Å². The summed E-state index contributed by atoms with van der Waals surface area (Å²) in [5.41, 5.74) is 1.65. The normalized spacial score (nSPS) is 11.7. The van der Waals surface area contributed by atoms with Gasteiger partial charge in [-0.2, -0.15) is 4.98 Å². The van der Waals surface area contributed by atoms with Gasteiger partial charge in [0.2, 0.25) is 0 Å². The molecule has 0 aliphatic heterocycles. The number of hydrogen-bond acceptors (Lipinski definition) is 6. The number of rotatable bonds is 8. The Morgan fingerprint density at radius 1 is 1.26 bits per heavy atom. The lowest BCUT2D eigenvalue weighted by atomic mass is 9.98. The molecule has 34 heavy (non-hydrogen) atoms. The third kappa shape index (κ3) is 6.02. The Balaban J connectivity index is 1.96. The summed E-state index contributed by atoms with van der Waals surface area (Å²) in [6.07, 6.45) is 1.98. The van der Waals surface area contributed by atoms with Crippen molar-refractivity contribution in [3.63, 3.8) is 0 Å². The fraction of sp³-hybridized carbons (Fsp3) is 0.320. The monoisotopic (exact) mass is 531 g/mol. The zero-order chi connectivity index (χ0) is 24.9. The summed E-state index contributed by atoms with van der Waals surface area (Å²) in [6.45, 7) is 7.88. The summed E-state index contributed by atoms with van der Waals surface area (Å²) in [5, 5.41) is 12.1. The van der Waals surface area contributed by atoms with Crippen LogP contribution in [0.4, 0.5) is 4.39 Å². The Labute approximate surface area is 206 Å². The predicted molar refractivity (Wildman–Crippen MR) is 131 cm³/mol. The highest BCUT2D eigenvalue weighted by molar-refractivity contribution is 9.10. The lowest BCUT2D eigenvalue weighted by Gasteiger charge is -2.20. The Bertz CT molecular complexity index is 1200. The molecule has 0 atom stereocenters. The Morgan fingerprint density at radius 3 is 2.65 bits per heavy atom. The summed E-state index contributed by atoms with van der Waals surface area (Å²) in [7, 11) is 0. The standard InChI is InChI=1S/C25H27BrFN3O4/c1-5-12-33-24-29-22(26)21(14-28-32)30(24)15-17-11-10-16(13-20(17)27)18-8-6-7-9-19(18)23(31)34-25(2,3)4/h6-11,13-14,32H,5,12,15H2,1-4H3/b28-14-. The van der Waals surface area contributed by atoms with Crippen molar-refractivity contribution < 1.29 is 23.9 Å². The van der Waals surface area contributed by atoms with Crippen LogP contribution in [-0.4, -0.2) is 39.2 Å². The molecule has 9 heteroatoms. The van der Waals surface area contributed by atoms with E-state index >= 15 is 4.39 Å². The first-order valence-electron chi connectivity index (χ1n) is 10.8. The molecular formula is C25H27BrFN3O4. The molecule has 7 nitrogen and oxygen atoms in total. The van der Waals surface area contributed by atoms with Crippen molar-refractivity contribution in [3.8, 4) is 17.1 Å². The molecular weight excluding hydrogens is 505 g/mol. The van der Waals surface area contributed by atoms with Gasteiger partial charge >= 0.3 is 5.97 Å². The van der Waals surface area contributed by atoms with Crippen LogP contribution < -0.4 is 4.74 Å². The van der Waals surface area contributed by atoms with Gasteiger partial charge in [-0.05, 0) is 66.4 Å². The van der Waals surface area contributed by atoms with Gasteiger partial charge < -0.3 is 14.7 Å². The third-order valence-corrected chi connectivity index (χ3v) is 5.36. The highest BCUT2D eigenvalue weighted by Gasteiger charge is 2.22. The Kier molecular flexibility index (Phi) is 8.09. The van der Waals surface area contributed by atoms with E-state index in [2.05, 4.69) is 26.1 Å². The van der Waals surface area contributed by atoms with E-state index in [0.717, 1.165) is 6.42 Å². The predicted octanol–water partition coefficient (Wildman–Crippen LogP) is 6.05. The van der Waals surface area contributed by atoms with Crippen LogP contribution in [0.3, 0.4) is 0 Å². The number of hydrogen-bond donors (Lipinski definition) is 1. The summed E-state index contributed by atoms with van der Waals surface area (Å²) < 4.78 is 28.5. The molecule has 1 heterocycles. The second kappa shape index (κ2) is 10.8. The molecule has 0 unspecified atom stereocenters. The second-order valence-electron chi connectivity index (χ2n) is 8.60. The van der Waals surface area contributed by atoms with Gasteiger partial charge in [0.05, 0.1) is 24.9 Å². The Hall–Kier alpha value is -3.20. The molecule has 1 N–H and O–H groups in total. The minimum absolute atomic E-state index is 0.0961. The average Bonchev–Trinajstić information content (AvgIpc) is 3.07. The number of carbonyl (C=O) groups is 1. The fourth-order valence-corrected chi connectivity index (χ4v) is 3.78. The quantitative estimate of drug-likeness (QED) is 0.165. The number of oxime groups is 1. The number of imidazole rings is 1. The van der Waals surface area contributed by atoms with E-state index in [1.807, 2.05) is 6.92 Å². The lowest BCUT2D eigenvalue weighted by molar-refractivity contribution is 0.00704. The maximum absolute atomic E-state index is 15.2. The van der Waals surface area contributed by atoms with Crippen LogP contribution >= 0.6 is 15.9 Å². The van der Waals surface area contributed by atoms with Gasteiger partial charge in [-0.15, -0.1) is 0 Å². The maximum Gasteiger partial charge on any atom is 0.339 e. The number of carbonyl (C=O) groups excluding carboxylic acids is 1. The zero-order valence-corrected chi connectivity index (χ0v) is 21.1. The molecule has 3 rings (SSSR count). The van der Waals surface area contributed by atoms with E-state index in [9.17, 15) is 4.79 Å². The molecule has 0 bridgehead atoms. The molecule has 0 radical (unpaired) electrons. The highest BCUT2D eigenvalue weighted by atomic mass is 79.9. The highest BCUT2D eigenvalue weighted by Crippen LogP contribution is 2.29. The fourth-order valence-electron chi connectivity index (χ4n) is 3.31. The lowest BCUT2D eigenvalue weighted by Crippen LogP contribution is -2.24. The Morgan fingerprint density at radius 2 is 2.00 bits per heavy atom. The second-order valence-corrected chi connectivity index (χ2v) is 9.35. The van der Waals surface area contributed by atoms with E-state index in [0.29, 0.717) is 39.2 Å². The van der Waals surface area contributed by atoms with E-state index < -0.39 is 17.4 Å². The smallest absolute Gasteiger partial charge is 0.339 e. The van der Waals surface area contributed by atoms with Crippen LogP contribution in [-0.2, 0) is 11.3 Å². The first-order chi connectivity index (χ1) is 16.1. The van der Waals surface area contributed by atoms with Crippen molar-refractivity contribution in [3.05, 3.63) is 69.7 Å². The van der Waals surface area contributed by atoms with Gasteiger partial charge in [0, 0.05) is 5.56 Å². The van der Waals surface area contributed by atoms with E-state index in [1.54, 1.807) is 61.7 Å². The van der Waals surface area contributed by atoms with Crippen LogP contribution in [0.5, 0.6) is 6.01 Å². The van der Waals surface area contributed by atoms with E-state index in [1.165, 1.54) is 12.3 Å². The van der Waals surface area contributed by atoms with Crippen molar-refractivity contribution in [1.29, 1.82) is 0 Å². The SMILES string of the molecule is CCCOc1nc(Br)c(/C=N\O)n1Cc1ccc(-c2ccccc2C(=O)OC(C)(C)C)cc1F. The number of benzene rings is 2. The first kappa shape index (κ1) is 25.4. The molecule has 3 aromatic rings. The van der Waals surface area contributed by atoms with Crippen LogP contribution in [0.25, 0.3) is 11.1 Å². The number of esters is 1. The minimum Gasteiger partial charge on any atom is -0.465 e.